The second-order valence-corrected chi connectivity index (χ2v) is 5.62. The van der Waals surface area contributed by atoms with E-state index in [4.69, 9.17) is 16.3 Å². The molecule has 1 heterocycles. The Kier molecular flexibility index (Phi) is 5.46. The highest BCUT2D eigenvalue weighted by Gasteiger charge is 2.14. The second kappa shape index (κ2) is 7.95. The van der Waals surface area contributed by atoms with E-state index in [1.807, 2.05) is 53.4 Å². The van der Waals surface area contributed by atoms with Crippen molar-refractivity contribution >= 4 is 28.7 Å². The van der Waals surface area contributed by atoms with E-state index >= 15 is 0 Å². The lowest BCUT2D eigenvalue weighted by molar-refractivity contribution is 0.0692. The molecule has 3 rings (SSSR count). The molecule has 1 fully saturated rings. The normalized spacial score (nSPS) is 16.5. The van der Waals surface area contributed by atoms with Gasteiger partial charge in [-0.3, -0.25) is 0 Å². The van der Waals surface area contributed by atoms with Crippen LogP contribution < -0.4 is 0 Å². The molecule has 0 amide bonds. The fourth-order valence-electron chi connectivity index (χ4n) is 2.41. The zero-order valence-corrected chi connectivity index (χ0v) is 13.6. The largest absolute Gasteiger partial charge is 0.378 e. The summed E-state index contributed by atoms with van der Waals surface area (Å²) in [4.78, 5) is 6.73. The smallest absolute Gasteiger partial charge is 0.199 e. The Morgan fingerprint density at radius 1 is 0.957 bits per heavy atom. The van der Waals surface area contributed by atoms with Crippen LogP contribution in [0.2, 0.25) is 0 Å². The number of ether oxygens (including phenoxy) is 1. The molecule has 2 aromatic carbocycles. The van der Waals surface area contributed by atoms with Crippen LogP contribution in [0.15, 0.2) is 65.7 Å². The molecule has 1 saturated heterocycles. The summed E-state index contributed by atoms with van der Waals surface area (Å²) in [7, 11) is 0. The Morgan fingerprint density at radius 3 is 2.22 bits per heavy atom. The van der Waals surface area contributed by atoms with Crippen molar-refractivity contribution in [2.45, 2.75) is 0 Å². The summed E-state index contributed by atoms with van der Waals surface area (Å²) in [6.45, 7) is 2.93. The standard InChI is InChI=1S/C19H19ClN2O/c20-19(22-11-13-23-14-12-22)21-18(17-9-5-2-6-10-17)15-16-7-3-1-4-8-16/h1-10,15H,11-14H2/b18-15-,21-19?. The number of morpholine rings is 1. The van der Waals surface area contributed by atoms with Crippen LogP contribution in [-0.2, 0) is 4.74 Å². The van der Waals surface area contributed by atoms with E-state index in [-0.39, 0.29) is 0 Å². The van der Waals surface area contributed by atoms with E-state index in [9.17, 15) is 0 Å². The highest BCUT2D eigenvalue weighted by Crippen LogP contribution is 2.21. The van der Waals surface area contributed by atoms with Gasteiger partial charge in [0.05, 0.1) is 18.9 Å². The molecule has 0 radical (unpaired) electrons. The molecule has 0 atom stereocenters. The maximum absolute atomic E-state index is 6.45. The average molecular weight is 327 g/mol. The SMILES string of the molecule is ClC(=N/C(=C\c1ccccc1)c1ccccc1)N1CCOCC1. The maximum Gasteiger partial charge on any atom is 0.199 e. The molecule has 1 aliphatic rings. The zero-order chi connectivity index (χ0) is 15.9. The summed E-state index contributed by atoms with van der Waals surface area (Å²) in [6.07, 6.45) is 2.05. The van der Waals surface area contributed by atoms with Gasteiger partial charge in [-0.15, -0.1) is 0 Å². The van der Waals surface area contributed by atoms with Crippen LogP contribution in [0.3, 0.4) is 0 Å². The van der Waals surface area contributed by atoms with Crippen molar-refractivity contribution < 1.29 is 4.74 Å². The van der Waals surface area contributed by atoms with Gasteiger partial charge in [0.1, 0.15) is 0 Å². The molecule has 0 aliphatic carbocycles. The highest BCUT2D eigenvalue weighted by atomic mass is 35.5. The number of hydrogen-bond donors (Lipinski definition) is 0. The van der Waals surface area contributed by atoms with Crippen LogP contribution in [-0.4, -0.2) is 36.5 Å². The molecular weight excluding hydrogens is 308 g/mol. The zero-order valence-electron chi connectivity index (χ0n) is 12.9. The van der Waals surface area contributed by atoms with Crippen molar-refractivity contribution in [1.82, 2.24) is 4.90 Å². The average Bonchev–Trinajstić information content (AvgIpc) is 2.63. The van der Waals surface area contributed by atoms with Gasteiger partial charge in [0.25, 0.3) is 0 Å². The van der Waals surface area contributed by atoms with Crippen molar-refractivity contribution in [1.29, 1.82) is 0 Å². The lowest BCUT2D eigenvalue weighted by Crippen LogP contribution is -2.38. The Morgan fingerprint density at radius 2 is 1.57 bits per heavy atom. The molecule has 0 aromatic heterocycles. The summed E-state index contributed by atoms with van der Waals surface area (Å²) >= 11 is 6.45. The number of aliphatic imine (C=N–C) groups is 1. The van der Waals surface area contributed by atoms with Gasteiger partial charge in [0.2, 0.25) is 0 Å². The minimum absolute atomic E-state index is 0.513. The number of benzene rings is 2. The van der Waals surface area contributed by atoms with Crippen LogP contribution >= 0.6 is 11.6 Å². The van der Waals surface area contributed by atoms with Gasteiger partial charge in [0.15, 0.2) is 5.29 Å². The third-order valence-corrected chi connectivity index (χ3v) is 3.98. The number of rotatable bonds is 3. The predicted octanol–water partition coefficient (Wildman–Crippen LogP) is 4.11. The minimum Gasteiger partial charge on any atom is -0.378 e. The first-order valence-corrected chi connectivity index (χ1v) is 8.10. The Bertz CT molecular complexity index is 677. The molecular formula is C19H19ClN2O. The van der Waals surface area contributed by atoms with E-state index in [0.29, 0.717) is 18.5 Å². The van der Waals surface area contributed by atoms with Crippen molar-refractivity contribution in [2.24, 2.45) is 4.99 Å². The van der Waals surface area contributed by atoms with E-state index in [0.717, 1.165) is 29.9 Å². The van der Waals surface area contributed by atoms with Gasteiger partial charge < -0.3 is 9.64 Å². The molecule has 2 aromatic rings. The number of hydrogen-bond acceptors (Lipinski definition) is 2. The summed E-state index contributed by atoms with van der Waals surface area (Å²) in [5.41, 5.74) is 3.00. The second-order valence-electron chi connectivity index (χ2n) is 5.29. The third-order valence-electron chi connectivity index (χ3n) is 3.66. The van der Waals surface area contributed by atoms with Gasteiger partial charge in [-0.25, -0.2) is 4.99 Å². The van der Waals surface area contributed by atoms with E-state index in [2.05, 4.69) is 23.2 Å². The van der Waals surface area contributed by atoms with Gasteiger partial charge in [-0.1, -0.05) is 60.7 Å². The van der Waals surface area contributed by atoms with Gasteiger partial charge in [-0.2, -0.15) is 0 Å². The minimum atomic E-state index is 0.513. The maximum atomic E-state index is 6.45. The van der Waals surface area contributed by atoms with Crippen molar-refractivity contribution in [3.8, 4) is 0 Å². The van der Waals surface area contributed by atoms with Crippen LogP contribution in [0.25, 0.3) is 11.8 Å². The first kappa shape index (κ1) is 15.8. The van der Waals surface area contributed by atoms with Gasteiger partial charge in [0, 0.05) is 18.7 Å². The fraction of sp³-hybridized carbons (Fsp3) is 0.211. The summed E-state index contributed by atoms with van der Waals surface area (Å²) < 4.78 is 5.37. The Balaban J connectivity index is 1.93. The molecule has 0 spiro atoms. The summed E-state index contributed by atoms with van der Waals surface area (Å²) in [5, 5.41) is 0.513. The van der Waals surface area contributed by atoms with Crippen LogP contribution in [0.1, 0.15) is 11.1 Å². The van der Waals surface area contributed by atoms with E-state index in [1.165, 1.54) is 0 Å². The van der Waals surface area contributed by atoms with Crippen LogP contribution in [0.5, 0.6) is 0 Å². The number of amidine groups is 1. The number of nitrogens with zero attached hydrogens (tertiary/aromatic N) is 2. The fourth-order valence-corrected chi connectivity index (χ4v) is 2.67. The summed E-state index contributed by atoms with van der Waals surface area (Å²) in [5.74, 6) is 0. The molecule has 1 aliphatic heterocycles. The van der Waals surface area contributed by atoms with Crippen LogP contribution in [0.4, 0.5) is 0 Å². The predicted molar refractivity (Wildman–Crippen MR) is 96.4 cm³/mol. The summed E-state index contributed by atoms with van der Waals surface area (Å²) in [6, 6.07) is 20.2. The topological polar surface area (TPSA) is 24.8 Å². The quantitative estimate of drug-likeness (QED) is 0.367. The lowest BCUT2D eigenvalue weighted by atomic mass is 10.1. The monoisotopic (exact) mass is 326 g/mol. The molecule has 23 heavy (non-hydrogen) atoms. The van der Waals surface area contributed by atoms with E-state index < -0.39 is 0 Å². The first-order valence-electron chi connectivity index (χ1n) is 7.72. The first-order chi connectivity index (χ1) is 11.3. The van der Waals surface area contributed by atoms with Gasteiger partial charge in [-0.05, 0) is 23.2 Å². The Hall–Kier alpha value is -2.10. The molecule has 0 bridgehead atoms. The Labute approximate surface area is 141 Å². The molecule has 0 saturated carbocycles. The molecule has 118 valence electrons. The van der Waals surface area contributed by atoms with Crippen molar-refractivity contribution in [3.05, 3.63) is 71.8 Å². The van der Waals surface area contributed by atoms with Crippen molar-refractivity contribution in [3.63, 3.8) is 0 Å². The van der Waals surface area contributed by atoms with E-state index in [1.54, 1.807) is 0 Å². The third kappa shape index (κ3) is 4.44. The number of halogens is 1. The highest BCUT2D eigenvalue weighted by molar-refractivity contribution is 6.65. The van der Waals surface area contributed by atoms with Crippen molar-refractivity contribution in [2.75, 3.05) is 26.3 Å². The molecule has 0 N–H and O–H groups in total. The lowest BCUT2D eigenvalue weighted by Gasteiger charge is -2.27. The molecule has 0 unspecified atom stereocenters. The molecule has 3 nitrogen and oxygen atoms in total. The van der Waals surface area contributed by atoms with Gasteiger partial charge >= 0.3 is 0 Å². The van der Waals surface area contributed by atoms with Crippen LogP contribution in [0, 0.1) is 0 Å². The molecule has 4 heteroatoms.